The number of amides is 2. The van der Waals surface area contributed by atoms with E-state index in [1.807, 2.05) is 32.2 Å². The third kappa shape index (κ3) is 3.93. The number of carbonyl (C=O) groups excluding carboxylic acids is 1. The molecular weight excluding hydrogens is 382 g/mol. The number of hydrogen-bond acceptors (Lipinski definition) is 6. The molecule has 30 heavy (non-hydrogen) atoms. The molecule has 2 saturated heterocycles. The SMILES string of the molecule is [C-]#[N+]c1ncc(N2CCC3(CC2)CN(CCN(C)C)C(=O)N3)nc1-c1cnn(C)c1. The van der Waals surface area contributed by atoms with Gasteiger partial charge in [-0.3, -0.25) is 4.68 Å². The van der Waals surface area contributed by atoms with Crippen LogP contribution in [0.25, 0.3) is 16.1 Å². The van der Waals surface area contributed by atoms with Gasteiger partial charge in [0, 0.05) is 51.5 Å². The lowest BCUT2D eigenvalue weighted by Gasteiger charge is -2.39. The Labute approximate surface area is 176 Å². The topological polar surface area (TPSA) is 86.8 Å². The molecule has 2 aromatic rings. The van der Waals surface area contributed by atoms with E-state index in [4.69, 9.17) is 11.6 Å². The van der Waals surface area contributed by atoms with Crippen molar-refractivity contribution >= 4 is 17.7 Å². The van der Waals surface area contributed by atoms with Gasteiger partial charge in [-0.15, -0.1) is 4.98 Å². The van der Waals surface area contributed by atoms with Crippen molar-refractivity contribution in [2.45, 2.75) is 18.4 Å². The average Bonchev–Trinajstić information content (AvgIpc) is 3.29. The molecule has 10 heteroatoms. The van der Waals surface area contributed by atoms with Gasteiger partial charge >= 0.3 is 6.03 Å². The van der Waals surface area contributed by atoms with Crippen LogP contribution < -0.4 is 10.2 Å². The van der Waals surface area contributed by atoms with Crippen molar-refractivity contribution in [3.05, 3.63) is 30.0 Å². The number of likely N-dealkylation sites (N-methyl/N-ethyl adjacent to an activating group) is 1. The molecule has 158 valence electrons. The predicted octanol–water partition coefficient (Wildman–Crippen LogP) is 1.35. The van der Waals surface area contributed by atoms with Crippen molar-refractivity contribution in [1.29, 1.82) is 0 Å². The summed E-state index contributed by atoms with van der Waals surface area (Å²) in [5, 5.41) is 7.41. The monoisotopic (exact) mass is 409 g/mol. The van der Waals surface area contributed by atoms with E-state index in [-0.39, 0.29) is 17.4 Å². The zero-order valence-electron chi connectivity index (χ0n) is 17.7. The van der Waals surface area contributed by atoms with Crippen LogP contribution in [0.15, 0.2) is 18.6 Å². The summed E-state index contributed by atoms with van der Waals surface area (Å²) >= 11 is 0. The molecule has 0 radical (unpaired) electrons. The summed E-state index contributed by atoms with van der Waals surface area (Å²) < 4.78 is 1.69. The van der Waals surface area contributed by atoms with E-state index in [0.29, 0.717) is 5.69 Å². The number of urea groups is 1. The van der Waals surface area contributed by atoms with Gasteiger partial charge in [-0.1, -0.05) is 6.57 Å². The van der Waals surface area contributed by atoms with Crippen LogP contribution in [-0.2, 0) is 7.05 Å². The molecular formula is C20H27N9O. The molecule has 0 aromatic carbocycles. The lowest BCUT2D eigenvalue weighted by molar-refractivity contribution is 0.211. The first kappa shape index (κ1) is 20.1. The van der Waals surface area contributed by atoms with E-state index >= 15 is 0 Å². The van der Waals surface area contributed by atoms with Gasteiger partial charge in [0.25, 0.3) is 5.82 Å². The van der Waals surface area contributed by atoms with Crippen molar-refractivity contribution in [2.24, 2.45) is 7.05 Å². The molecule has 10 nitrogen and oxygen atoms in total. The molecule has 2 aliphatic heterocycles. The summed E-state index contributed by atoms with van der Waals surface area (Å²) in [7, 11) is 5.87. The molecule has 4 heterocycles. The van der Waals surface area contributed by atoms with Crippen LogP contribution in [0.1, 0.15) is 12.8 Å². The Morgan fingerprint density at radius 1 is 1.30 bits per heavy atom. The molecule has 2 aromatic heterocycles. The van der Waals surface area contributed by atoms with Crippen molar-refractivity contribution in [3.8, 4) is 11.3 Å². The summed E-state index contributed by atoms with van der Waals surface area (Å²) in [5.41, 5.74) is 1.17. The van der Waals surface area contributed by atoms with Crippen LogP contribution >= 0.6 is 0 Å². The lowest BCUT2D eigenvalue weighted by atomic mass is 9.88. The maximum Gasteiger partial charge on any atom is 0.318 e. The van der Waals surface area contributed by atoms with Gasteiger partial charge in [0.05, 0.1) is 11.7 Å². The van der Waals surface area contributed by atoms with Crippen molar-refractivity contribution in [2.75, 3.05) is 51.7 Å². The first-order valence-corrected chi connectivity index (χ1v) is 10.1. The quantitative estimate of drug-likeness (QED) is 0.751. The summed E-state index contributed by atoms with van der Waals surface area (Å²) in [6, 6.07) is 0.0327. The zero-order chi connectivity index (χ0) is 21.3. The van der Waals surface area contributed by atoms with Crippen LogP contribution in [0.4, 0.5) is 16.4 Å². The first-order chi connectivity index (χ1) is 14.4. The minimum Gasteiger partial charge on any atom is -0.359 e. The number of aryl methyl sites for hydroxylation is 1. The highest BCUT2D eigenvalue weighted by Crippen LogP contribution is 2.32. The minimum atomic E-state index is -0.171. The number of nitrogens with zero attached hydrogens (tertiary/aromatic N) is 8. The fraction of sp³-hybridized carbons (Fsp3) is 0.550. The van der Waals surface area contributed by atoms with Crippen molar-refractivity contribution < 1.29 is 4.79 Å². The first-order valence-electron chi connectivity index (χ1n) is 10.1. The average molecular weight is 409 g/mol. The van der Waals surface area contributed by atoms with E-state index in [1.54, 1.807) is 17.1 Å². The summed E-state index contributed by atoms with van der Waals surface area (Å²) in [4.78, 5) is 31.2. The second kappa shape index (κ2) is 7.91. The third-order valence-electron chi connectivity index (χ3n) is 5.84. The van der Waals surface area contributed by atoms with Crippen LogP contribution in [-0.4, -0.2) is 87.9 Å². The highest BCUT2D eigenvalue weighted by atomic mass is 16.2. The number of hydrogen-bond donors (Lipinski definition) is 1. The second-order valence-electron chi connectivity index (χ2n) is 8.34. The Hall–Kier alpha value is -3.19. The van der Waals surface area contributed by atoms with Gasteiger partial charge in [0.1, 0.15) is 5.69 Å². The minimum absolute atomic E-state index is 0.0327. The van der Waals surface area contributed by atoms with E-state index in [9.17, 15) is 4.79 Å². The maximum absolute atomic E-state index is 12.4. The Balaban J connectivity index is 1.46. The summed E-state index contributed by atoms with van der Waals surface area (Å²) in [6.45, 7) is 11.3. The second-order valence-corrected chi connectivity index (χ2v) is 8.34. The molecule has 0 saturated carbocycles. The van der Waals surface area contributed by atoms with Gasteiger partial charge in [-0.25, -0.2) is 9.78 Å². The van der Waals surface area contributed by atoms with Crippen molar-refractivity contribution in [1.82, 2.24) is 34.9 Å². The Morgan fingerprint density at radius 3 is 2.70 bits per heavy atom. The summed E-state index contributed by atoms with van der Waals surface area (Å²) in [5.74, 6) is 1.03. The summed E-state index contributed by atoms with van der Waals surface area (Å²) in [6.07, 6.45) is 6.91. The smallest absolute Gasteiger partial charge is 0.318 e. The molecule has 2 amide bonds. The molecule has 0 aliphatic carbocycles. The highest BCUT2D eigenvalue weighted by Gasteiger charge is 2.44. The van der Waals surface area contributed by atoms with E-state index in [0.717, 1.165) is 56.9 Å². The van der Waals surface area contributed by atoms with Gasteiger partial charge in [0.15, 0.2) is 12.0 Å². The molecule has 2 fully saturated rings. The number of rotatable bonds is 5. The van der Waals surface area contributed by atoms with Crippen LogP contribution in [0.5, 0.6) is 0 Å². The normalized spacial score (nSPS) is 18.2. The number of piperidine rings is 1. The number of anilines is 1. The third-order valence-corrected chi connectivity index (χ3v) is 5.84. The van der Waals surface area contributed by atoms with Crippen LogP contribution in [0.3, 0.4) is 0 Å². The van der Waals surface area contributed by atoms with Gasteiger partial charge in [-0.2, -0.15) is 5.10 Å². The molecule has 2 aliphatic rings. The molecule has 1 spiro atoms. The van der Waals surface area contributed by atoms with E-state index in [2.05, 4.69) is 30.0 Å². The fourth-order valence-electron chi connectivity index (χ4n) is 4.08. The molecule has 0 bridgehead atoms. The highest BCUT2D eigenvalue weighted by molar-refractivity contribution is 5.78. The van der Waals surface area contributed by atoms with E-state index < -0.39 is 0 Å². The van der Waals surface area contributed by atoms with Crippen molar-refractivity contribution in [3.63, 3.8) is 0 Å². The Kier molecular flexibility index (Phi) is 5.30. The van der Waals surface area contributed by atoms with E-state index in [1.165, 1.54) is 0 Å². The van der Waals surface area contributed by atoms with Gasteiger partial charge in [0.2, 0.25) is 0 Å². The zero-order valence-corrected chi connectivity index (χ0v) is 17.7. The molecule has 4 rings (SSSR count). The standard InChI is InChI=1S/C20H27N9O/c1-21-18-17(15-11-23-27(4)13-15)24-16(12-22-18)28-7-5-20(6-8-28)14-29(19(30)25-20)10-9-26(2)3/h11-13H,5-10,14H2,2-4H3,(H,25,30). The molecule has 0 atom stereocenters. The molecule has 1 N–H and O–H groups in total. The van der Waals surface area contributed by atoms with Gasteiger partial charge < -0.3 is 24.9 Å². The van der Waals surface area contributed by atoms with Crippen LogP contribution in [0.2, 0.25) is 0 Å². The fourth-order valence-corrected chi connectivity index (χ4v) is 4.08. The largest absolute Gasteiger partial charge is 0.359 e. The number of aromatic nitrogens is 4. The lowest BCUT2D eigenvalue weighted by Crippen LogP contribution is -2.52. The predicted molar refractivity (Wildman–Crippen MR) is 113 cm³/mol. The van der Waals surface area contributed by atoms with Crippen LogP contribution in [0, 0.1) is 6.57 Å². The van der Waals surface area contributed by atoms with Gasteiger partial charge in [-0.05, 0) is 26.9 Å². The Bertz CT molecular complexity index is 969. The maximum atomic E-state index is 12.4. The molecule has 0 unspecified atom stereocenters. The number of nitrogens with one attached hydrogen (secondary N) is 1. The Morgan fingerprint density at radius 2 is 2.07 bits per heavy atom. The number of carbonyl (C=O) groups is 1.